The van der Waals surface area contributed by atoms with Gasteiger partial charge in [-0.05, 0) is 51.4 Å². The minimum absolute atomic E-state index is 0.334. The summed E-state index contributed by atoms with van der Waals surface area (Å²) in [6.45, 7) is 6.82. The van der Waals surface area contributed by atoms with Crippen LogP contribution >= 0.6 is 0 Å². The van der Waals surface area contributed by atoms with Gasteiger partial charge < -0.3 is 15.5 Å². The topological polar surface area (TPSA) is 55.5 Å². The second-order valence-electron chi connectivity index (χ2n) is 5.12. The molecule has 0 bridgehead atoms. The highest BCUT2D eigenvalue weighted by Gasteiger charge is 2.35. The van der Waals surface area contributed by atoms with Crippen LogP contribution < -0.4 is 11.2 Å². The maximum Gasteiger partial charge on any atom is 0.331 e. The summed E-state index contributed by atoms with van der Waals surface area (Å²) in [5, 5.41) is 9.89. The van der Waals surface area contributed by atoms with Crippen molar-refractivity contribution in [1.82, 2.24) is 0 Å². The van der Waals surface area contributed by atoms with E-state index in [1.807, 2.05) is 0 Å². The summed E-state index contributed by atoms with van der Waals surface area (Å²) < 4.78 is 18.6. The number of nitrogens with two attached hydrogens (primary N) is 1. The molecule has 1 rings (SSSR count). The largest absolute Gasteiger partial charge is 0.427 e. The van der Waals surface area contributed by atoms with E-state index in [2.05, 4.69) is 0 Å². The Labute approximate surface area is 102 Å². The van der Waals surface area contributed by atoms with Gasteiger partial charge >= 0.3 is 7.48 Å². The number of rotatable bonds is 4. The number of halogens is 1. The van der Waals surface area contributed by atoms with Crippen molar-refractivity contribution in [1.29, 1.82) is 0 Å². The fourth-order valence-corrected chi connectivity index (χ4v) is 1.06. The van der Waals surface area contributed by atoms with Gasteiger partial charge in [0.2, 0.25) is 0 Å². The Morgan fingerprint density at radius 3 is 2.29 bits per heavy atom. The number of hydrogen-bond acceptors (Lipinski definition) is 3. The highest BCUT2D eigenvalue weighted by molar-refractivity contribution is 6.47. The molecule has 0 fully saturated rings. The molecule has 0 atom stereocenters. The minimum atomic E-state index is -1.01. The number of hydrogen-bond donors (Lipinski definition) is 2. The van der Waals surface area contributed by atoms with Gasteiger partial charge in [0.05, 0.1) is 11.2 Å². The molecule has 17 heavy (non-hydrogen) atoms. The lowest BCUT2D eigenvalue weighted by molar-refractivity contribution is -0.0893. The van der Waals surface area contributed by atoms with Gasteiger partial charge in [-0.2, -0.15) is 0 Å². The Morgan fingerprint density at radius 2 is 1.82 bits per heavy atom. The lowest BCUT2D eigenvalue weighted by atomic mass is 9.82. The van der Waals surface area contributed by atoms with Crippen LogP contribution in [0.1, 0.15) is 27.7 Å². The first-order valence-electron chi connectivity index (χ1n) is 5.41. The lowest BCUT2D eigenvalue weighted by Crippen LogP contribution is -2.49. The second-order valence-corrected chi connectivity index (χ2v) is 5.12. The van der Waals surface area contributed by atoms with Crippen LogP contribution in [0, 0.1) is 5.82 Å². The summed E-state index contributed by atoms with van der Waals surface area (Å²) in [6.07, 6.45) is 0. The third-order valence-electron chi connectivity index (χ3n) is 2.91. The molecule has 3 N–H and O–H groups in total. The van der Waals surface area contributed by atoms with Crippen molar-refractivity contribution in [2.45, 2.75) is 38.9 Å². The fourth-order valence-electron chi connectivity index (χ4n) is 1.06. The molecule has 0 saturated heterocycles. The quantitative estimate of drug-likeness (QED) is 0.612. The van der Waals surface area contributed by atoms with Crippen LogP contribution in [0.25, 0.3) is 0 Å². The molecule has 0 aromatic heterocycles. The Morgan fingerprint density at radius 1 is 1.24 bits per heavy atom. The molecule has 0 unspecified atom stereocenters. The maximum atomic E-state index is 13.1. The Hall–Kier alpha value is -1.07. The second kappa shape index (κ2) is 4.66. The molecule has 93 valence electrons. The standard InChI is InChI=1S/C12H18BFNO2/c1-11(2,16)12(3,4)17-13-8-5-9(14)7-10(15)6-8/h5-7,16H,15H2,1-4H3. The number of aliphatic hydroxyl groups is 1. The highest BCUT2D eigenvalue weighted by Crippen LogP contribution is 2.24. The highest BCUT2D eigenvalue weighted by atomic mass is 19.1. The van der Waals surface area contributed by atoms with Crippen molar-refractivity contribution >= 4 is 18.6 Å². The summed E-state index contributed by atoms with van der Waals surface area (Å²) in [5.41, 5.74) is 4.59. The lowest BCUT2D eigenvalue weighted by Gasteiger charge is -2.37. The zero-order valence-electron chi connectivity index (χ0n) is 10.6. The minimum Gasteiger partial charge on any atom is -0.427 e. The maximum absolute atomic E-state index is 13.1. The number of nitrogen functional groups attached to an aromatic ring is 1. The summed E-state index contributed by atoms with van der Waals surface area (Å²) in [7, 11) is 1.40. The normalized spacial score (nSPS) is 12.6. The van der Waals surface area contributed by atoms with E-state index >= 15 is 0 Å². The Bertz CT molecular complexity index is 382. The van der Waals surface area contributed by atoms with E-state index in [-0.39, 0.29) is 0 Å². The molecule has 0 amide bonds. The van der Waals surface area contributed by atoms with Crippen LogP contribution in [0.15, 0.2) is 18.2 Å². The van der Waals surface area contributed by atoms with Gasteiger partial charge in [-0.25, -0.2) is 4.39 Å². The van der Waals surface area contributed by atoms with E-state index < -0.39 is 17.0 Å². The summed E-state index contributed by atoms with van der Waals surface area (Å²) in [6, 6.07) is 4.15. The zero-order chi connectivity index (χ0) is 13.3. The van der Waals surface area contributed by atoms with Crippen molar-refractivity contribution in [2.75, 3.05) is 5.73 Å². The monoisotopic (exact) mass is 238 g/mol. The van der Waals surface area contributed by atoms with Crippen molar-refractivity contribution in [3.8, 4) is 0 Å². The first kappa shape index (κ1) is 14.0. The van der Waals surface area contributed by atoms with Gasteiger partial charge in [-0.15, -0.1) is 0 Å². The summed E-state index contributed by atoms with van der Waals surface area (Å²) in [5.74, 6) is -0.416. The predicted molar refractivity (Wildman–Crippen MR) is 67.7 cm³/mol. The van der Waals surface area contributed by atoms with Crippen LogP contribution in [-0.2, 0) is 4.65 Å². The average Bonchev–Trinajstić information content (AvgIpc) is 2.11. The molecule has 0 aliphatic rings. The molecule has 3 nitrogen and oxygen atoms in total. The smallest absolute Gasteiger partial charge is 0.331 e. The third-order valence-corrected chi connectivity index (χ3v) is 2.91. The SMILES string of the molecule is CC(C)(O)C(C)(C)O[B]c1cc(N)cc(F)c1. The Balaban J connectivity index is 2.74. The first-order valence-corrected chi connectivity index (χ1v) is 5.41. The van der Waals surface area contributed by atoms with Crippen molar-refractivity contribution in [2.24, 2.45) is 0 Å². The van der Waals surface area contributed by atoms with Crippen LogP contribution in [0.4, 0.5) is 10.1 Å². The van der Waals surface area contributed by atoms with E-state index in [4.69, 9.17) is 10.4 Å². The van der Waals surface area contributed by atoms with E-state index in [9.17, 15) is 9.50 Å². The molecule has 0 aliphatic carbocycles. The molecule has 0 saturated carbocycles. The molecule has 1 aromatic carbocycles. The van der Waals surface area contributed by atoms with Gasteiger partial charge in [0.25, 0.3) is 0 Å². The number of benzene rings is 1. The Kier molecular flexibility index (Phi) is 3.84. The predicted octanol–water partition coefficient (Wildman–Crippen LogP) is 1.22. The van der Waals surface area contributed by atoms with Crippen LogP contribution in [0.5, 0.6) is 0 Å². The molecule has 0 aliphatic heterocycles. The van der Waals surface area contributed by atoms with Gasteiger partial charge in [-0.1, -0.05) is 0 Å². The zero-order valence-corrected chi connectivity index (χ0v) is 10.6. The van der Waals surface area contributed by atoms with E-state index in [1.54, 1.807) is 33.8 Å². The summed E-state index contributed by atoms with van der Waals surface area (Å²) >= 11 is 0. The van der Waals surface area contributed by atoms with Crippen molar-refractivity contribution in [3.05, 3.63) is 24.0 Å². The van der Waals surface area contributed by atoms with Crippen molar-refractivity contribution < 1.29 is 14.2 Å². The molecule has 0 spiro atoms. The molecule has 0 heterocycles. The first-order chi connectivity index (χ1) is 7.62. The van der Waals surface area contributed by atoms with E-state index in [1.165, 1.54) is 19.6 Å². The van der Waals surface area contributed by atoms with Crippen LogP contribution in [-0.4, -0.2) is 23.8 Å². The van der Waals surface area contributed by atoms with Gasteiger partial charge in [0, 0.05) is 5.69 Å². The molecular weight excluding hydrogens is 220 g/mol. The fraction of sp³-hybridized carbons (Fsp3) is 0.500. The number of anilines is 1. The van der Waals surface area contributed by atoms with E-state index in [0.717, 1.165) is 0 Å². The third kappa shape index (κ3) is 3.72. The van der Waals surface area contributed by atoms with Gasteiger partial charge in [0.1, 0.15) is 5.82 Å². The van der Waals surface area contributed by atoms with Crippen molar-refractivity contribution in [3.63, 3.8) is 0 Å². The molecule has 1 radical (unpaired) electrons. The van der Waals surface area contributed by atoms with E-state index in [0.29, 0.717) is 11.2 Å². The van der Waals surface area contributed by atoms with Crippen LogP contribution in [0.2, 0.25) is 0 Å². The van der Waals surface area contributed by atoms with Crippen LogP contribution in [0.3, 0.4) is 0 Å². The summed E-state index contributed by atoms with van der Waals surface area (Å²) in [4.78, 5) is 0. The molecular formula is C12H18BFNO2. The molecule has 5 heteroatoms. The molecule has 1 aromatic rings. The van der Waals surface area contributed by atoms with Gasteiger partial charge in [0.15, 0.2) is 0 Å². The van der Waals surface area contributed by atoms with Gasteiger partial charge in [-0.3, -0.25) is 0 Å². The average molecular weight is 238 g/mol.